The largest absolute Gasteiger partial charge is 0.367 e. The highest BCUT2D eigenvalue weighted by molar-refractivity contribution is 5.92. The molecule has 0 aromatic carbocycles. The second-order valence-electron chi connectivity index (χ2n) is 4.22. The van der Waals surface area contributed by atoms with Crippen LogP contribution in [0.25, 0.3) is 0 Å². The third-order valence-corrected chi connectivity index (χ3v) is 2.83. The van der Waals surface area contributed by atoms with E-state index in [0.29, 0.717) is 12.2 Å². The van der Waals surface area contributed by atoms with Gasteiger partial charge < -0.3 is 9.88 Å². The maximum absolute atomic E-state index is 12.1. The minimum absolute atomic E-state index is 0.173. The first-order valence-electron chi connectivity index (χ1n) is 5.95. The van der Waals surface area contributed by atoms with E-state index in [0.717, 1.165) is 12.0 Å². The first-order chi connectivity index (χ1) is 9.20. The van der Waals surface area contributed by atoms with Gasteiger partial charge in [-0.2, -0.15) is 5.26 Å². The Balaban J connectivity index is 2.00. The fourth-order valence-corrected chi connectivity index (χ4v) is 1.72. The Hall–Kier alpha value is -2.61. The van der Waals surface area contributed by atoms with Crippen LogP contribution >= 0.6 is 0 Å². The summed E-state index contributed by atoms with van der Waals surface area (Å²) in [5, 5.41) is 8.77. The van der Waals surface area contributed by atoms with Crippen molar-refractivity contribution in [2.75, 3.05) is 13.6 Å². The van der Waals surface area contributed by atoms with Crippen LogP contribution in [0.4, 0.5) is 0 Å². The molecule has 2 aromatic heterocycles. The number of carbonyl (C=O) groups excluding carboxylic acids is 1. The molecule has 0 saturated carbocycles. The SMILES string of the molecule is CN(CCc1cc[nH]c1)C(=O)c1cccc(C#N)n1. The Morgan fingerprint density at radius 1 is 1.47 bits per heavy atom. The molecule has 0 spiro atoms. The maximum Gasteiger partial charge on any atom is 0.272 e. The van der Waals surface area contributed by atoms with Crippen LogP contribution < -0.4 is 0 Å². The summed E-state index contributed by atoms with van der Waals surface area (Å²) in [6, 6.07) is 8.77. The molecule has 1 N–H and O–H groups in total. The highest BCUT2D eigenvalue weighted by Crippen LogP contribution is 2.04. The maximum atomic E-state index is 12.1. The molecule has 1 amide bonds. The quantitative estimate of drug-likeness (QED) is 0.900. The summed E-state index contributed by atoms with van der Waals surface area (Å²) in [4.78, 5) is 20.7. The molecule has 0 aliphatic heterocycles. The first-order valence-corrected chi connectivity index (χ1v) is 5.95. The monoisotopic (exact) mass is 254 g/mol. The van der Waals surface area contributed by atoms with Crippen molar-refractivity contribution in [1.29, 1.82) is 5.26 Å². The van der Waals surface area contributed by atoms with Gasteiger partial charge >= 0.3 is 0 Å². The fourth-order valence-electron chi connectivity index (χ4n) is 1.72. The molecular formula is C14H14N4O. The summed E-state index contributed by atoms with van der Waals surface area (Å²) in [6.45, 7) is 0.606. The summed E-state index contributed by atoms with van der Waals surface area (Å²) in [6.07, 6.45) is 4.55. The molecule has 0 radical (unpaired) electrons. The molecule has 5 nitrogen and oxygen atoms in total. The average Bonchev–Trinajstić information content (AvgIpc) is 2.97. The first kappa shape index (κ1) is 12.8. The summed E-state index contributed by atoms with van der Waals surface area (Å²) in [5.74, 6) is -0.173. The number of hydrogen-bond acceptors (Lipinski definition) is 3. The fraction of sp³-hybridized carbons (Fsp3) is 0.214. The molecule has 0 aliphatic carbocycles. The molecule has 5 heteroatoms. The van der Waals surface area contributed by atoms with Gasteiger partial charge in [0, 0.05) is 26.0 Å². The van der Waals surface area contributed by atoms with Crippen LogP contribution in [0.1, 0.15) is 21.7 Å². The predicted molar refractivity (Wildman–Crippen MR) is 70.4 cm³/mol. The predicted octanol–water partition coefficient (Wildman–Crippen LogP) is 1.60. The van der Waals surface area contributed by atoms with Crippen LogP contribution in [0.3, 0.4) is 0 Å². The van der Waals surface area contributed by atoms with E-state index >= 15 is 0 Å². The third kappa shape index (κ3) is 3.19. The Labute approximate surface area is 111 Å². The Kier molecular flexibility index (Phi) is 3.94. The molecular weight excluding hydrogens is 240 g/mol. The zero-order valence-corrected chi connectivity index (χ0v) is 10.6. The van der Waals surface area contributed by atoms with Gasteiger partial charge in [-0.25, -0.2) is 4.98 Å². The second-order valence-corrected chi connectivity index (χ2v) is 4.22. The van der Waals surface area contributed by atoms with Crippen molar-refractivity contribution in [2.24, 2.45) is 0 Å². The van der Waals surface area contributed by atoms with Gasteiger partial charge in [0.05, 0.1) is 0 Å². The van der Waals surface area contributed by atoms with Crippen LogP contribution in [0.2, 0.25) is 0 Å². The second kappa shape index (κ2) is 5.83. The molecule has 19 heavy (non-hydrogen) atoms. The van der Waals surface area contributed by atoms with Crippen molar-refractivity contribution in [3.05, 3.63) is 53.6 Å². The summed E-state index contributed by atoms with van der Waals surface area (Å²) >= 11 is 0. The molecule has 2 heterocycles. The molecule has 0 bridgehead atoms. The molecule has 0 saturated heterocycles. The lowest BCUT2D eigenvalue weighted by Gasteiger charge is -2.16. The van der Waals surface area contributed by atoms with E-state index in [1.807, 2.05) is 24.5 Å². The Morgan fingerprint density at radius 3 is 3.00 bits per heavy atom. The van der Waals surface area contributed by atoms with E-state index < -0.39 is 0 Å². The lowest BCUT2D eigenvalue weighted by atomic mass is 10.2. The third-order valence-electron chi connectivity index (χ3n) is 2.83. The zero-order chi connectivity index (χ0) is 13.7. The van der Waals surface area contributed by atoms with Gasteiger partial charge in [-0.1, -0.05) is 6.07 Å². The molecule has 0 fully saturated rings. The number of aromatic amines is 1. The number of nitrogens with zero attached hydrogens (tertiary/aromatic N) is 3. The van der Waals surface area contributed by atoms with Gasteiger partial charge in [0.25, 0.3) is 5.91 Å². The Morgan fingerprint density at radius 2 is 2.32 bits per heavy atom. The van der Waals surface area contributed by atoms with E-state index in [9.17, 15) is 4.79 Å². The summed E-state index contributed by atoms with van der Waals surface area (Å²) in [7, 11) is 1.73. The number of nitrogens with one attached hydrogen (secondary N) is 1. The minimum atomic E-state index is -0.173. The molecule has 0 unspecified atom stereocenters. The number of carbonyl (C=O) groups is 1. The van der Waals surface area contributed by atoms with Crippen molar-refractivity contribution in [1.82, 2.24) is 14.9 Å². The van der Waals surface area contributed by atoms with Gasteiger partial charge in [-0.3, -0.25) is 4.79 Å². The smallest absolute Gasteiger partial charge is 0.272 e. The number of nitriles is 1. The Bertz CT molecular complexity index is 598. The molecule has 2 rings (SSSR count). The van der Waals surface area contributed by atoms with Gasteiger partial charge in [0.1, 0.15) is 17.5 Å². The van der Waals surface area contributed by atoms with E-state index in [1.54, 1.807) is 30.1 Å². The summed E-state index contributed by atoms with van der Waals surface area (Å²) in [5.41, 5.74) is 1.71. The van der Waals surface area contributed by atoms with Crippen molar-refractivity contribution in [3.63, 3.8) is 0 Å². The zero-order valence-electron chi connectivity index (χ0n) is 10.6. The molecule has 0 aliphatic rings. The van der Waals surface area contributed by atoms with Crippen molar-refractivity contribution in [3.8, 4) is 6.07 Å². The van der Waals surface area contributed by atoms with Gasteiger partial charge in [0.2, 0.25) is 0 Å². The highest BCUT2D eigenvalue weighted by atomic mass is 16.2. The number of rotatable bonds is 4. The number of likely N-dealkylation sites (N-methyl/N-ethyl adjacent to an activating group) is 1. The van der Waals surface area contributed by atoms with Gasteiger partial charge in [-0.05, 0) is 30.2 Å². The van der Waals surface area contributed by atoms with Crippen LogP contribution in [0.15, 0.2) is 36.7 Å². The number of H-pyrrole nitrogens is 1. The highest BCUT2D eigenvalue weighted by Gasteiger charge is 2.13. The van der Waals surface area contributed by atoms with E-state index in [4.69, 9.17) is 5.26 Å². The number of amides is 1. The van der Waals surface area contributed by atoms with Crippen LogP contribution in [-0.4, -0.2) is 34.4 Å². The van der Waals surface area contributed by atoms with Crippen LogP contribution in [-0.2, 0) is 6.42 Å². The molecule has 0 atom stereocenters. The van der Waals surface area contributed by atoms with Crippen molar-refractivity contribution in [2.45, 2.75) is 6.42 Å². The molecule has 2 aromatic rings. The summed E-state index contributed by atoms with van der Waals surface area (Å²) < 4.78 is 0. The van der Waals surface area contributed by atoms with Gasteiger partial charge in [0.15, 0.2) is 0 Å². The van der Waals surface area contributed by atoms with Gasteiger partial charge in [-0.15, -0.1) is 0 Å². The van der Waals surface area contributed by atoms with Crippen LogP contribution in [0, 0.1) is 11.3 Å². The normalized spacial score (nSPS) is 9.89. The topological polar surface area (TPSA) is 72.8 Å². The average molecular weight is 254 g/mol. The van der Waals surface area contributed by atoms with E-state index in [2.05, 4.69) is 9.97 Å². The lowest BCUT2D eigenvalue weighted by molar-refractivity contribution is 0.0791. The lowest BCUT2D eigenvalue weighted by Crippen LogP contribution is -2.29. The van der Waals surface area contributed by atoms with E-state index in [1.165, 1.54) is 0 Å². The number of aromatic nitrogens is 2. The van der Waals surface area contributed by atoms with E-state index in [-0.39, 0.29) is 11.6 Å². The van der Waals surface area contributed by atoms with Crippen LogP contribution in [0.5, 0.6) is 0 Å². The number of pyridine rings is 1. The van der Waals surface area contributed by atoms with Crippen molar-refractivity contribution >= 4 is 5.91 Å². The molecule has 96 valence electrons. The minimum Gasteiger partial charge on any atom is -0.367 e. The van der Waals surface area contributed by atoms with Crippen molar-refractivity contribution < 1.29 is 4.79 Å². The standard InChI is InChI=1S/C14H14N4O/c1-18(8-6-11-5-7-16-10-11)14(19)13-4-2-3-12(9-15)17-13/h2-5,7,10,16H,6,8H2,1H3. The number of hydrogen-bond donors (Lipinski definition) is 1.